The highest BCUT2D eigenvalue weighted by atomic mass is 16.5. The Labute approximate surface area is 147 Å². The van der Waals surface area contributed by atoms with Crippen molar-refractivity contribution in [3.63, 3.8) is 0 Å². The summed E-state index contributed by atoms with van der Waals surface area (Å²) in [4.78, 5) is 23.0. The van der Waals surface area contributed by atoms with E-state index in [9.17, 15) is 9.59 Å². The fourth-order valence-corrected chi connectivity index (χ4v) is 1.81. The van der Waals surface area contributed by atoms with Crippen molar-refractivity contribution in [2.75, 3.05) is 6.61 Å². The van der Waals surface area contributed by atoms with Gasteiger partial charge in [-0.3, -0.25) is 20.4 Å². The number of hydrogen-bond donors (Lipinski definition) is 2. The highest BCUT2D eigenvalue weighted by molar-refractivity contribution is 5.83. The number of hydrazine groups is 1. The minimum absolute atomic E-state index is 0.198. The van der Waals surface area contributed by atoms with Gasteiger partial charge in [0.1, 0.15) is 17.2 Å². The molecule has 0 fully saturated rings. The molecule has 25 heavy (non-hydrogen) atoms. The van der Waals surface area contributed by atoms with Crippen LogP contribution in [0.15, 0.2) is 48.5 Å². The van der Waals surface area contributed by atoms with E-state index in [0.717, 1.165) is 5.75 Å². The largest absolute Gasteiger partial charge is 0.484 e. The Kier molecular flexibility index (Phi) is 6.39. The number of nitrogens with one attached hydrogen (secondary N) is 2. The van der Waals surface area contributed by atoms with Crippen molar-refractivity contribution in [1.82, 2.24) is 10.9 Å². The molecule has 0 bridgehead atoms. The van der Waals surface area contributed by atoms with Crippen molar-refractivity contribution in [2.45, 2.75) is 20.8 Å². The van der Waals surface area contributed by atoms with Gasteiger partial charge in [-0.2, -0.15) is 0 Å². The van der Waals surface area contributed by atoms with E-state index in [1.807, 2.05) is 31.2 Å². The molecule has 0 spiro atoms. The molecule has 0 heterocycles. The molecule has 0 atom stereocenters. The first-order valence-electron chi connectivity index (χ1n) is 8.00. The molecule has 2 amide bonds. The minimum atomic E-state index is -0.436. The Morgan fingerprint density at radius 2 is 1.40 bits per heavy atom. The van der Waals surface area contributed by atoms with E-state index in [-0.39, 0.29) is 18.4 Å². The molecule has 0 aliphatic rings. The van der Waals surface area contributed by atoms with Crippen LogP contribution in [0.2, 0.25) is 0 Å². The Hall–Kier alpha value is -3.02. The highest BCUT2D eigenvalue weighted by Gasteiger charge is 2.08. The van der Waals surface area contributed by atoms with Gasteiger partial charge in [0.25, 0.3) is 5.91 Å². The van der Waals surface area contributed by atoms with Crippen LogP contribution >= 0.6 is 0 Å². The summed E-state index contributed by atoms with van der Waals surface area (Å²) in [5, 5.41) is 0. The number of aryl methyl sites for hydroxylation is 1. The summed E-state index contributed by atoms with van der Waals surface area (Å²) in [6, 6.07) is 14.7. The average molecular weight is 342 g/mol. The maximum atomic E-state index is 11.6. The number of carbonyl (C=O) groups is 2. The topological polar surface area (TPSA) is 76.7 Å². The summed E-state index contributed by atoms with van der Waals surface area (Å²) >= 11 is 0. The first kappa shape index (κ1) is 18.3. The van der Waals surface area contributed by atoms with E-state index in [2.05, 4.69) is 10.9 Å². The van der Waals surface area contributed by atoms with Gasteiger partial charge < -0.3 is 9.47 Å². The molecule has 0 aliphatic heterocycles. The molecule has 6 nitrogen and oxygen atoms in total. The van der Waals surface area contributed by atoms with Gasteiger partial charge in [0.2, 0.25) is 5.91 Å². The lowest BCUT2D eigenvalue weighted by molar-refractivity contribution is -0.131. The van der Waals surface area contributed by atoms with E-state index in [0.29, 0.717) is 11.5 Å². The maximum Gasteiger partial charge on any atom is 0.276 e. The van der Waals surface area contributed by atoms with E-state index >= 15 is 0 Å². The smallest absolute Gasteiger partial charge is 0.276 e. The maximum absolute atomic E-state index is 11.6. The molecular formula is C19H22N2O4. The van der Waals surface area contributed by atoms with Crippen LogP contribution in [0, 0.1) is 12.8 Å². The van der Waals surface area contributed by atoms with Gasteiger partial charge in [-0.15, -0.1) is 0 Å². The lowest BCUT2D eigenvalue weighted by Crippen LogP contribution is -2.45. The number of benzene rings is 2. The Bertz CT molecular complexity index is 709. The lowest BCUT2D eigenvalue weighted by Gasteiger charge is -2.11. The van der Waals surface area contributed by atoms with E-state index in [1.54, 1.807) is 38.1 Å². The number of ether oxygens (including phenoxy) is 2. The molecule has 0 saturated carbocycles. The minimum Gasteiger partial charge on any atom is -0.484 e. The number of carbonyl (C=O) groups excluding carboxylic acids is 2. The molecule has 2 N–H and O–H groups in total. The Morgan fingerprint density at radius 3 is 1.96 bits per heavy atom. The molecule has 2 aromatic carbocycles. The second-order valence-corrected chi connectivity index (χ2v) is 5.87. The van der Waals surface area contributed by atoms with Crippen LogP contribution in [0.4, 0.5) is 0 Å². The predicted molar refractivity (Wildman–Crippen MR) is 94.3 cm³/mol. The van der Waals surface area contributed by atoms with Gasteiger partial charge in [0.15, 0.2) is 6.61 Å². The molecule has 0 saturated heterocycles. The highest BCUT2D eigenvalue weighted by Crippen LogP contribution is 2.24. The molecule has 0 aromatic heterocycles. The third kappa shape index (κ3) is 6.18. The molecule has 6 heteroatoms. The van der Waals surface area contributed by atoms with Crippen LogP contribution in [0.1, 0.15) is 19.4 Å². The standard InChI is InChI=1S/C19H22N2O4/c1-13(2)19(23)21-20-18(22)12-24-15-8-10-17(11-9-15)25-16-6-4-14(3)5-7-16/h4-11,13H,12H2,1-3H3,(H,20,22)(H,21,23). The monoisotopic (exact) mass is 342 g/mol. The summed E-state index contributed by atoms with van der Waals surface area (Å²) in [5.41, 5.74) is 5.78. The normalized spacial score (nSPS) is 10.2. The molecule has 2 rings (SSSR count). The van der Waals surface area contributed by atoms with Gasteiger partial charge in [-0.05, 0) is 43.3 Å². The third-order valence-electron chi connectivity index (χ3n) is 3.30. The summed E-state index contributed by atoms with van der Waals surface area (Å²) in [6.07, 6.45) is 0. The van der Waals surface area contributed by atoms with Gasteiger partial charge in [-0.1, -0.05) is 31.5 Å². The van der Waals surface area contributed by atoms with E-state index < -0.39 is 5.91 Å². The molecular weight excluding hydrogens is 320 g/mol. The van der Waals surface area contributed by atoms with Crippen LogP contribution in [0.3, 0.4) is 0 Å². The van der Waals surface area contributed by atoms with Crippen LogP contribution in [-0.4, -0.2) is 18.4 Å². The summed E-state index contributed by atoms with van der Waals surface area (Å²) in [5.74, 6) is 1.05. The Morgan fingerprint density at radius 1 is 0.880 bits per heavy atom. The zero-order chi connectivity index (χ0) is 18.2. The molecule has 2 aromatic rings. The number of hydrogen-bond acceptors (Lipinski definition) is 4. The molecule has 132 valence electrons. The quantitative estimate of drug-likeness (QED) is 0.791. The lowest BCUT2D eigenvalue weighted by atomic mass is 10.2. The second-order valence-electron chi connectivity index (χ2n) is 5.87. The molecule has 0 unspecified atom stereocenters. The van der Waals surface area contributed by atoms with E-state index in [4.69, 9.17) is 9.47 Å². The summed E-state index contributed by atoms with van der Waals surface area (Å²) < 4.78 is 11.1. The van der Waals surface area contributed by atoms with Crippen LogP contribution < -0.4 is 20.3 Å². The van der Waals surface area contributed by atoms with Crippen LogP contribution in [0.5, 0.6) is 17.2 Å². The summed E-state index contributed by atoms with van der Waals surface area (Å²) in [6.45, 7) is 5.29. The number of amides is 2. The van der Waals surface area contributed by atoms with Crippen molar-refractivity contribution in [3.05, 3.63) is 54.1 Å². The Balaban J connectivity index is 1.79. The first-order valence-corrected chi connectivity index (χ1v) is 8.00. The average Bonchev–Trinajstić information content (AvgIpc) is 2.61. The number of rotatable bonds is 6. The zero-order valence-electron chi connectivity index (χ0n) is 14.5. The first-order chi connectivity index (χ1) is 11.9. The van der Waals surface area contributed by atoms with Crippen LogP contribution in [0.25, 0.3) is 0 Å². The van der Waals surface area contributed by atoms with Crippen molar-refractivity contribution in [2.24, 2.45) is 5.92 Å². The van der Waals surface area contributed by atoms with Crippen LogP contribution in [-0.2, 0) is 9.59 Å². The fraction of sp³-hybridized carbons (Fsp3) is 0.263. The van der Waals surface area contributed by atoms with Crippen molar-refractivity contribution < 1.29 is 19.1 Å². The fourth-order valence-electron chi connectivity index (χ4n) is 1.81. The van der Waals surface area contributed by atoms with Gasteiger partial charge in [0, 0.05) is 5.92 Å². The van der Waals surface area contributed by atoms with Crippen molar-refractivity contribution in [1.29, 1.82) is 0 Å². The van der Waals surface area contributed by atoms with Crippen molar-refractivity contribution >= 4 is 11.8 Å². The second kappa shape index (κ2) is 8.73. The molecule has 0 radical (unpaired) electrons. The summed E-state index contributed by atoms with van der Waals surface area (Å²) in [7, 11) is 0. The third-order valence-corrected chi connectivity index (χ3v) is 3.30. The van der Waals surface area contributed by atoms with Gasteiger partial charge in [-0.25, -0.2) is 0 Å². The zero-order valence-corrected chi connectivity index (χ0v) is 14.5. The predicted octanol–water partition coefficient (Wildman–Crippen LogP) is 2.97. The SMILES string of the molecule is Cc1ccc(Oc2ccc(OCC(=O)NNC(=O)C(C)C)cc2)cc1. The van der Waals surface area contributed by atoms with Gasteiger partial charge >= 0.3 is 0 Å². The van der Waals surface area contributed by atoms with E-state index in [1.165, 1.54) is 5.56 Å². The van der Waals surface area contributed by atoms with Gasteiger partial charge in [0.05, 0.1) is 0 Å². The van der Waals surface area contributed by atoms with Crippen molar-refractivity contribution in [3.8, 4) is 17.2 Å². The molecule has 0 aliphatic carbocycles.